The van der Waals surface area contributed by atoms with Crippen molar-refractivity contribution in [3.05, 3.63) is 46.5 Å². The summed E-state index contributed by atoms with van der Waals surface area (Å²) in [6.45, 7) is 5.29. The molecule has 0 fully saturated rings. The lowest BCUT2D eigenvalue weighted by Gasteiger charge is -2.14. The van der Waals surface area contributed by atoms with Gasteiger partial charge in [-0.05, 0) is 18.4 Å². The predicted octanol–water partition coefficient (Wildman–Crippen LogP) is 2.64. The molecule has 0 aromatic heterocycles. The summed E-state index contributed by atoms with van der Waals surface area (Å²) in [6, 6.07) is 6.65. The summed E-state index contributed by atoms with van der Waals surface area (Å²) in [5.41, 5.74) is 1.46. The first-order chi connectivity index (χ1) is 10.4. The van der Waals surface area contributed by atoms with E-state index in [-0.39, 0.29) is 30.1 Å². The van der Waals surface area contributed by atoms with Crippen LogP contribution in [0.5, 0.6) is 0 Å². The van der Waals surface area contributed by atoms with Crippen molar-refractivity contribution in [2.45, 2.75) is 27.2 Å². The minimum atomic E-state index is -1.12. The van der Waals surface area contributed by atoms with E-state index in [2.05, 4.69) is 0 Å². The van der Waals surface area contributed by atoms with Gasteiger partial charge in [-0.15, -0.1) is 0 Å². The Balaban J connectivity index is 3.24. The Morgan fingerprint density at radius 3 is 2.23 bits per heavy atom. The minimum Gasteiger partial charge on any atom is -0.478 e. The number of carbonyl (C=O) groups is 3. The molecule has 1 rings (SSSR count). The number of ether oxygens (including phenoxy) is 1. The van der Waals surface area contributed by atoms with Crippen LogP contribution in [0.3, 0.4) is 0 Å². The van der Waals surface area contributed by atoms with E-state index < -0.39 is 11.9 Å². The molecule has 0 unspecified atom stereocenters. The Morgan fingerprint density at radius 1 is 1.23 bits per heavy atom. The zero-order valence-corrected chi connectivity index (χ0v) is 13.0. The van der Waals surface area contributed by atoms with Crippen molar-refractivity contribution in [3.63, 3.8) is 0 Å². The van der Waals surface area contributed by atoms with Crippen molar-refractivity contribution in [3.8, 4) is 0 Å². The summed E-state index contributed by atoms with van der Waals surface area (Å²) in [7, 11) is 0. The first kappa shape index (κ1) is 17.6. The normalized spacial score (nSPS) is 11.8. The van der Waals surface area contributed by atoms with Gasteiger partial charge in [-0.25, -0.2) is 9.59 Å². The van der Waals surface area contributed by atoms with Crippen LogP contribution in [-0.4, -0.2) is 29.9 Å². The largest absolute Gasteiger partial charge is 0.478 e. The molecule has 0 saturated heterocycles. The number of carboxylic acids is 1. The smallest absolute Gasteiger partial charge is 0.334 e. The molecule has 0 saturated carbocycles. The quantitative estimate of drug-likeness (QED) is 0.476. The number of benzene rings is 1. The number of rotatable bonds is 7. The van der Waals surface area contributed by atoms with Crippen LogP contribution in [0.1, 0.15) is 36.7 Å². The van der Waals surface area contributed by atoms with Crippen molar-refractivity contribution in [1.82, 2.24) is 0 Å². The van der Waals surface area contributed by atoms with Crippen molar-refractivity contribution >= 4 is 18.2 Å². The van der Waals surface area contributed by atoms with E-state index in [9.17, 15) is 19.5 Å². The second-order valence-electron chi connectivity index (χ2n) is 5.11. The van der Waals surface area contributed by atoms with Crippen molar-refractivity contribution in [1.29, 1.82) is 0 Å². The van der Waals surface area contributed by atoms with Gasteiger partial charge in [-0.3, -0.25) is 4.79 Å². The van der Waals surface area contributed by atoms with E-state index in [1.54, 1.807) is 45.0 Å². The third-order valence-corrected chi connectivity index (χ3v) is 3.15. The molecule has 118 valence electrons. The zero-order valence-electron chi connectivity index (χ0n) is 13.0. The van der Waals surface area contributed by atoms with Crippen LogP contribution in [-0.2, 0) is 20.7 Å². The van der Waals surface area contributed by atoms with Crippen LogP contribution in [0.2, 0.25) is 0 Å². The van der Waals surface area contributed by atoms with Gasteiger partial charge in [0.25, 0.3) is 0 Å². The maximum Gasteiger partial charge on any atom is 0.334 e. The fourth-order valence-electron chi connectivity index (χ4n) is 2.14. The summed E-state index contributed by atoms with van der Waals surface area (Å²) >= 11 is 0. The molecular weight excluding hydrogens is 284 g/mol. The SMILES string of the molecule is CCOC(=O)C(Cc1ccc(C=O)cc1)=C(C(=O)O)C(C)C. The number of aliphatic carboxylic acids is 1. The lowest BCUT2D eigenvalue weighted by molar-refractivity contribution is -0.140. The predicted molar refractivity (Wildman–Crippen MR) is 81.7 cm³/mol. The molecule has 0 radical (unpaired) electrons. The average Bonchev–Trinajstić information content (AvgIpc) is 2.46. The van der Waals surface area contributed by atoms with Gasteiger partial charge in [-0.2, -0.15) is 0 Å². The molecule has 1 aromatic rings. The molecule has 0 bridgehead atoms. The van der Waals surface area contributed by atoms with Gasteiger partial charge in [0, 0.05) is 12.0 Å². The molecule has 0 atom stereocenters. The number of esters is 1. The molecular formula is C17H20O5. The Labute approximate surface area is 129 Å². The van der Waals surface area contributed by atoms with E-state index in [4.69, 9.17) is 4.74 Å². The Bertz CT molecular complexity index is 582. The van der Waals surface area contributed by atoms with E-state index in [1.807, 2.05) is 0 Å². The van der Waals surface area contributed by atoms with Crippen LogP contribution < -0.4 is 0 Å². The highest BCUT2D eigenvalue weighted by atomic mass is 16.5. The molecule has 0 heterocycles. The van der Waals surface area contributed by atoms with Crippen LogP contribution in [0.4, 0.5) is 0 Å². The van der Waals surface area contributed by atoms with Crippen LogP contribution in [0, 0.1) is 5.92 Å². The Kier molecular flexibility index (Phi) is 6.50. The van der Waals surface area contributed by atoms with Gasteiger partial charge in [0.15, 0.2) is 0 Å². The molecule has 0 aliphatic rings. The topological polar surface area (TPSA) is 80.7 Å². The third-order valence-electron chi connectivity index (χ3n) is 3.15. The van der Waals surface area contributed by atoms with Gasteiger partial charge in [0.2, 0.25) is 0 Å². The maximum atomic E-state index is 12.1. The second kappa shape index (κ2) is 8.12. The van der Waals surface area contributed by atoms with E-state index in [0.717, 1.165) is 11.8 Å². The van der Waals surface area contributed by atoms with Gasteiger partial charge in [0.05, 0.1) is 17.8 Å². The highest BCUT2D eigenvalue weighted by molar-refractivity contribution is 6.00. The maximum absolute atomic E-state index is 12.1. The van der Waals surface area contributed by atoms with Crippen molar-refractivity contribution in [2.24, 2.45) is 5.92 Å². The monoisotopic (exact) mass is 304 g/mol. The van der Waals surface area contributed by atoms with E-state index >= 15 is 0 Å². The third kappa shape index (κ3) is 4.55. The molecule has 5 heteroatoms. The van der Waals surface area contributed by atoms with Crippen LogP contribution in [0.15, 0.2) is 35.4 Å². The molecule has 1 aromatic carbocycles. The average molecular weight is 304 g/mol. The zero-order chi connectivity index (χ0) is 16.7. The van der Waals surface area contributed by atoms with Gasteiger partial charge in [-0.1, -0.05) is 38.1 Å². The molecule has 22 heavy (non-hydrogen) atoms. The van der Waals surface area contributed by atoms with Crippen molar-refractivity contribution < 1.29 is 24.2 Å². The van der Waals surface area contributed by atoms with E-state index in [0.29, 0.717) is 5.56 Å². The summed E-state index contributed by atoms with van der Waals surface area (Å²) < 4.78 is 4.99. The fraction of sp³-hybridized carbons (Fsp3) is 0.353. The lowest BCUT2D eigenvalue weighted by atomic mass is 9.92. The molecule has 0 aliphatic heterocycles. The number of carbonyl (C=O) groups excluding carboxylic acids is 2. The van der Waals surface area contributed by atoms with Gasteiger partial charge >= 0.3 is 11.9 Å². The van der Waals surface area contributed by atoms with E-state index in [1.165, 1.54) is 0 Å². The Hall–Kier alpha value is -2.43. The first-order valence-electron chi connectivity index (χ1n) is 7.08. The number of aldehydes is 1. The lowest BCUT2D eigenvalue weighted by Crippen LogP contribution is -2.19. The summed E-state index contributed by atoms with van der Waals surface area (Å²) in [5, 5.41) is 9.38. The summed E-state index contributed by atoms with van der Waals surface area (Å²) in [5.74, 6) is -2.05. The second-order valence-corrected chi connectivity index (χ2v) is 5.11. The highest BCUT2D eigenvalue weighted by Crippen LogP contribution is 2.21. The molecule has 1 N–H and O–H groups in total. The number of carboxylic acid groups (broad SMARTS) is 1. The standard InChI is InChI=1S/C17H20O5/c1-4-22-17(21)14(15(11(2)3)16(19)20)9-12-5-7-13(10-18)8-6-12/h5-8,10-11H,4,9H2,1-3H3,(H,19,20). The van der Waals surface area contributed by atoms with Gasteiger partial charge in [0.1, 0.15) is 6.29 Å². The van der Waals surface area contributed by atoms with Crippen LogP contribution >= 0.6 is 0 Å². The molecule has 0 aliphatic carbocycles. The summed E-state index contributed by atoms with van der Waals surface area (Å²) in [4.78, 5) is 34.3. The van der Waals surface area contributed by atoms with Gasteiger partial charge < -0.3 is 9.84 Å². The molecule has 0 amide bonds. The fourth-order valence-corrected chi connectivity index (χ4v) is 2.14. The van der Waals surface area contributed by atoms with Crippen molar-refractivity contribution in [2.75, 3.05) is 6.61 Å². The molecule has 0 spiro atoms. The summed E-state index contributed by atoms with van der Waals surface area (Å²) in [6.07, 6.45) is 0.875. The minimum absolute atomic E-state index is 0.0536. The Morgan fingerprint density at radius 2 is 1.82 bits per heavy atom. The highest BCUT2D eigenvalue weighted by Gasteiger charge is 2.24. The van der Waals surface area contributed by atoms with Crippen LogP contribution in [0.25, 0.3) is 0 Å². The molecule has 5 nitrogen and oxygen atoms in total. The first-order valence-corrected chi connectivity index (χ1v) is 7.08. The number of hydrogen-bond donors (Lipinski definition) is 1. The number of hydrogen-bond acceptors (Lipinski definition) is 4.